The van der Waals surface area contributed by atoms with Gasteiger partial charge in [-0.05, 0) is 73.4 Å². The molecule has 2 aromatic carbocycles. The van der Waals surface area contributed by atoms with E-state index in [1.54, 1.807) is 9.80 Å². The molecule has 4 atom stereocenters. The molecule has 9 heteroatoms. The molecule has 0 spiro atoms. The van der Waals surface area contributed by atoms with Gasteiger partial charge in [0.15, 0.2) is 0 Å². The van der Waals surface area contributed by atoms with Crippen molar-refractivity contribution in [3.63, 3.8) is 0 Å². The van der Waals surface area contributed by atoms with E-state index in [2.05, 4.69) is 15.3 Å². The summed E-state index contributed by atoms with van der Waals surface area (Å²) < 4.78 is 0. The number of pyridine rings is 2. The summed E-state index contributed by atoms with van der Waals surface area (Å²) in [7, 11) is 0. The van der Waals surface area contributed by atoms with Gasteiger partial charge >= 0.3 is 6.03 Å². The number of urea groups is 1. The van der Waals surface area contributed by atoms with Crippen LogP contribution in [0.3, 0.4) is 0 Å². The summed E-state index contributed by atoms with van der Waals surface area (Å²) in [5.41, 5.74) is 12.9. The Kier molecular flexibility index (Phi) is 11.5. The number of aliphatic hydroxyl groups excluding tert-OH is 1. The summed E-state index contributed by atoms with van der Waals surface area (Å²) >= 11 is 0. The molecule has 49 heavy (non-hydrogen) atoms. The molecule has 3 amide bonds. The highest BCUT2D eigenvalue weighted by Crippen LogP contribution is 2.29. The van der Waals surface area contributed by atoms with Crippen LogP contribution in [-0.4, -0.2) is 74.1 Å². The number of aliphatic hydroxyl groups is 1. The summed E-state index contributed by atoms with van der Waals surface area (Å²) in [6, 6.07) is 25.9. The number of amides is 3. The van der Waals surface area contributed by atoms with Gasteiger partial charge in [-0.2, -0.15) is 0 Å². The van der Waals surface area contributed by atoms with Crippen molar-refractivity contribution in [3.05, 3.63) is 119 Å². The first-order chi connectivity index (χ1) is 23.4. The van der Waals surface area contributed by atoms with Gasteiger partial charge in [-0.3, -0.25) is 14.8 Å². The van der Waals surface area contributed by atoms with Crippen LogP contribution < -0.4 is 11.1 Å². The quantitative estimate of drug-likeness (QED) is 0.175. The summed E-state index contributed by atoms with van der Waals surface area (Å²) in [5.74, 6) is -0.287. The maximum atomic E-state index is 14.2. The molecule has 0 radical (unpaired) electrons. The van der Waals surface area contributed by atoms with E-state index in [4.69, 9.17) is 5.73 Å². The van der Waals surface area contributed by atoms with Crippen LogP contribution in [-0.2, 0) is 24.2 Å². The molecule has 1 unspecified atom stereocenters. The summed E-state index contributed by atoms with van der Waals surface area (Å²) in [6.07, 6.45) is 2.24. The molecule has 9 nitrogen and oxygen atoms in total. The molecule has 0 bridgehead atoms. The lowest BCUT2D eigenvalue weighted by Gasteiger charge is -2.38. The number of hydrogen-bond acceptors (Lipinski definition) is 6. The van der Waals surface area contributed by atoms with E-state index in [1.165, 1.54) is 0 Å². The van der Waals surface area contributed by atoms with Gasteiger partial charge in [0.05, 0.1) is 30.1 Å². The van der Waals surface area contributed by atoms with Gasteiger partial charge in [0.25, 0.3) is 0 Å². The Bertz CT molecular complexity index is 1690. The fourth-order valence-corrected chi connectivity index (χ4v) is 6.60. The summed E-state index contributed by atoms with van der Waals surface area (Å²) in [6.45, 7) is 11.2. The second-order valence-electron chi connectivity index (χ2n) is 14.4. The third-order valence-corrected chi connectivity index (χ3v) is 9.10. The summed E-state index contributed by atoms with van der Waals surface area (Å²) in [4.78, 5) is 40.4. The SMILES string of the molecule is Cc1ccc(-c2ccc(CC(N)C[C@H](O)[C@H](Cc3ccccc3)NC(=O)[C@@H](N3CCN(Cc4cccc(C)n4)C3=O)C(C)(C)C)cc2)nc1. The Balaban J connectivity index is 1.27. The van der Waals surface area contributed by atoms with Crippen LogP contribution in [0.25, 0.3) is 11.3 Å². The van der Waals surface area contributed by atoms with Crippen LogP contribution in [0.1, 0.15) is 55.3 Å². The van der Waals surface area contributed by atoms with E-state index in [9.17, 15) is 14.7 Å². The van der Waals surface area contributed by atoms with Gasteiger partial charge in [0, 0.05) is 36.6 Å². The van der Waals surface area contributed by atoms with Crippen molar-refractivity contribution < 1.29 is 14.7 Å². The molecule has 1 aliphatic heterocycles. The monoisotopic (exact) mass is 662 g/mol. The molecular formula is C40H50N6O3. The van der Waals surface area contributed by atoms with Crippen LogP contribution in [0.2, 0.25) is 0 Å². The third-order valence-electron chi connectivity index (χ3n) is 9.10. The van der Waals surface area contributed by atoms with E-state index in [0.29, 0.717) is 38.9 Å². The van der Waals surface area contributed by atoms with Crippen LogP contribution in [0.5, 0.6) is 0 Å². The van der Waals surface area contributed by atoms with E-state index in [0.717, 1.165) is 39.3 Å². The standard InChI is InChI=1S/C40H50N6O3/c1-27-14-19-34(42-25-27)31-17-15-30(16-18-31)22-32(41)24-36(47)35(23-29-11-7-6-8-12-29)44-38(48)37(40(3,4)5)46-21-20-45(39(46)49)26-33-13-9-10-28(2)43-33/h6-19,25,32,35-37,47H,20-24,26,41H2,1-5H3,(H,44,48)/t32?,35-,36-,37+/m0/s1. The number of nitrogens with one attached hydrogen (secondary N) is 1. The molecule has 1 fully saturated rings. The molecule has 2 aromatic heterocycles. The zero-order valence-corrected chi connectivity index (χ0v) is 29.3. The summed E-state index contributed by atoms with van der Waals surface area (Å²) in [5, 5.41) is 14.8. The predicted octanol–water partition coefficient (Wildman–Crippen LogP) is 5.46. The van der Waals surface area contributed by atoms with Crippen molar-refractivity contribution in [2.24, 2.45) is 11.1 Å². The maximum absolute atomic E-state index is 14.2. The fraction of sp³-hybridized carbons (Fsp3) is 0.400. The lowest BCUT2D eigenvalue weighted by Crippen LogP contribution is -2.58. The highest BCUT2D eigenvalue weighted by atomic mass is 16.3. The Morgan fingerprint density at radius 2 is 1.63 bits per heavy atom. The Labute approximate surface area is 290 Å². The van der Waals surface area contributed by atoms with E-state index in [1.807, 2.05) is 126 Å². The van der Waals surface area contributed by atoms with Crippen molar-refractivity contribution in [2.45, 2.75) is 84.7 Å². The molecule has 0 aliphatic carbocycles. The largest absolute Gasteiger partial charge is 0.391 e. The first-order valence-electron chi connectivity index (χ1n) is 17.2. The fourth-order valence-electron chi connectivity index (χ4n) is 6.60. The van der Waals surface area contributed by atoms with Crippen molar-refractivity contribution >= 4 is 11.9 Å². The topological polar surface area (TPSA) is 125 Å². The van der Waals surface area contributed by atoms with Gasteiger partial charge in [0.2, 0.25) is 5.91 Å². The average Bonchev–Trinajstić information content (AvgIpc) is 3.39. The average molecular weight is 663 g/mol. The second-order valence-corrected chi connectivity index (χ2v) is 14.4. The van der Waals surface area contributed by atoms with E-state index < -0.39 is 23.6 Å². The molecule has 1 saturated heterocycles. The third kappa shape index (κ3) is 9.52. The van der Waals surface area contributed by atoms with Crippen molar-refractivity contribution in [3.8, 4) is 11.3 Å². The van der Waals surface area contributed by atoms with Gasteiger partial charge in [-0.25, -0.2) is 4.79 Å². The minimum atomic E-state index is -0.908. The number of nitrogens with zero attached hydrogens (tertiary/aromatic N) is 4. The highest BCUT2D eigenvalue weighted by Gasteiger charge is 2.44. The normalized spacial score (nSPS) is 15.9. The van der Waals surface area contributed by atoms with Gasteiger partial charge in [0.1, 0.15) is 6.04 Å². The first kappa shape index (κ1) is 35.7. The molecule has 4 aromatic rings. The molecule has 4 N–H and O–H groups in total. The zero-order chi connectivity index (χ0) is 35.1. The van der Waals surface area contributed by atoms with Crippen molar-refractivity contribution in [2.75, 3.05) is 13.1 Å². The molecule has 3 heterocycles. The van der Waals surface area contributed by atoms with Gasteiger partial charge in [-0.15, -0.1) is 0 Å². The number of aromatic nitrogens is 2. The molecule has 5 rings (SSSR count). The number of hydrogen-bond donors (Lipinski definition) is 3. The number of carbonyl (C=O) groups excluding carboxylic acids is 2. The van der Waals surface area contributed by atoms with E-state index >= 15 is 0 Å². The van der Waals surface area contributed by atoms with Crippen molar-refractivity contribution in [1.82, 2.24) is 25.1 Å². The number of aryl methyl sites for hydroxylation is 2. The number of carbonyl (C=O) groups is 2. The molecule has 1 aliphatic rings. The Hall–Kier alpha value is -4.60. The zero-order valence-electron chi connectivity index (χ0n) is 29.3. The van der Waals surface area contributed by atoms with Gasteiger partial charge in [-0.1, -0.05) is 87.5 Å². The van der Waals surface area contributed by atoms with Gasteiger partial charge < -0.3 is 26.0 Å². The van der Waals surface area contributed by atoms with Crippen LogP contribution >= 0.6 is 0 Å². The van der Waals surface area contributed by atoms with E-state index in [-0.39, 0.29) is 18.0 Å². The molecular weight excluding hydrogens is 612 g/mol. The lowest BCUT2D eigenvalue weighted by molar-refractivity contribution is -0.130. The van der Waals surface area contributed by atoms with Crippen LogP contribution in [0, 0.1) is 19.3 Å². The molecule has 0 saturated carbocycles. The maximum Gasteiger partial charge on any atom is 0.321 e. The van der Waals surface area contributed by atoms with Crippen LogP contribution in [0.15, 0.2) is 91.1 Å². The number of nitrogens with two attached hydrogens (primary N) is 1. The number of rotatable bonds is 13. The number of benzene rings is 2. The van der Waals surface area contributed by atoms with Crippen molar-refractivity contribution in [1.29, 1.82) is 0 Å². The smallest absolute Gasteiger partial charge is 0.321 e. The first-order valence-corrected chi connectivity index (χ1v) is 17.2. The minimum Gasteiger partial charge on any atom is -0.391 e. The second kappa shape index (κ2) is 15.7. The minimum absolute atomic E-state index is 0.190. The Morgan fingerprint density at radius 1 is 0.918 bits per heavy atom. The predicted molar refractivity (Wildman–Crippen MR) is 194 cm³/mol. The lowest BCUT2D eigenvalue weighted by atomic mass is 9.84. The Morgan fingerprint density at radius 3 is 2.29 bits per heavy atom. The molecule has 258 valence electrons. The van der Waals surface area contributed by atoms with Crippen LogP contribution in [0.4, 0.5) is 4.79 Å². The highest BCUT2D eigenvalue weighted by molar-refractivity contribution is 5.89.